The Balaban J connectivity index is 1.26. The molecule has 3 fully saturated rings. The van der Waals surface area contributed by atoms with Crippen LogP contribution in [0.15, 0.2) is 6.33 Å². The average molecular weight is 510 g/mol. The lowest BCUT2D eigenvalue weighted by molar-refractivity contribution is -0.119. The van der Waals surface area contributed by atoms with Gasteiger partial charge in [-0.3, -0.25) is 14.4 Å². The Morgan fingerprint density at radius 3 is 2.67 bits per heavy atom. The van der Waals surface area contributed by atoms with E-state index in [4.69, 9.17) is 5.73 Å². The number of Topliss-reactive ketones (excluding diaryl/α,β-unsaturated/α-hetero) is 1. The SMILES string of the molecule is C[C@H]1CCCN1C(=O)c1ncn([C@H]2CCc3sc(CC(=O)C4CC4)c(C(=O)NCC4CC4)c3C2)c1N. The number of fused-ring (bicyclic) bond motifs is 1. The minimum Gasteiger partial charge on any atom is -0.383 e. The third-order valence-corrected chi connectivity index (χ3v) is 9.68. The van der Waals surface area contributed by atoms with Crippen molar-refractivity contribution in [1.82, 2.24) is 19.8 Å². The molecule has 36 heavy (non-hydrogen) atoms. The van der Waals surface area contributed by atoms with E-state index in [1.165, 1.54) is 17.7 Å². The second-order valence-electron chi connectivity index (χ2n) is 11.1. The lowest BCUT2D eigenvalue weighted by atomic mass is 9.89. The van der Waals surface area contributed by atoms with Crippen LogP contribution in [-0.4, -0.2) is 51.2 Å². The van der Waals surface area contributed by atoms with Crippen LogP contribution in [0.2, 0.25) is 0 Å². The molecule has 8 nitrogen and oxygen atoms in total. The normalized spacial score (nSPS) is 23.5. The van der Waals surface area contributed by atoms with Crippen molar-refractivity contribution in [3.63, 3.8) is 0 Å². The summed E-state index contributed by atoms with van der Waals surface area (Å²) in [6, 6.07) is 0.234. The van der Waals surface area contributed by atoms with Crippen LogP contribution in [0.4, 0.5) is 5.82 Å². The van der Waals surface area contributed by atoms with Gasteiger partial charge < -0.3 is 20.5 Å². The average Bonchev–Trinajstić information content (AvgIpc) is 3.77. The van der Waals surface area contributed by atoms with Gasteiger partial charge in [-0.1, -0.05) is 0 Å². The molecule has 6 rings (SSSR count). The number of ketones is 1. The van der Waals surface area contributed by atoms with Gasteiger partial charge in [-0.15, -0.1) is 11.3 Å². The summed E-state index contributed by atoms with van der Waals surface area (Å²) >= 11 is 1.64. The summed E-state index contributed by atoms with van der Waals surface area (Å²) in [4.78, 5) is 47.6. The van der Waals surface area contributed by atoms with Crippen LogP contribution >= 0.6 is 11.3 Å². The third kappa shape index (κ3) is 4.46. The van der Waals surface area contributed by atoms with E-state index in [-0.39, 0.29) is 35.6 Å². The van der Waals surface area contributed by atoms with E-state index in [0.717, 1.165) is 61.1 Å². The van der Waals surface area contributed by atoms with Crippen LogP contribution in [0.3, 0.4) is 0 Å². The van der Waals surface area contributed by atoms with Gasteiger partial charge in [-0.05, 0) is 76.2 Å². The maximum atomic E-state index is 13.4. The molecule has 1 saturated heterocycles. The summed E-state index contributed by atoms with van der Waals surface area (Å²) in [5.41, 5.74) is 8.60. The van der Waals surface area contributed by atoms with Crippen molar-refractivity contribution in [3.05, 3.63) is 32.9 Å². The fourth-order valence-electron chi connectivity index (χ4n) is 5.80. The van der Waals surface area contributed by atoms with Crippen molar-refractivity contribution in [3.8, 4) is 0 Å². The number of hydrogen-bond acceptors (Lipinski definition) is 6. The molecule has 3 N–H and O–H groups in total. The number of hydrogen-bond donors (Lipinski definition) is 2. The number of carbonyl (C=O) groups is 3. The molecule has 0 bridgehead atoms. The van der Waals surface area contributed by atoms with Gasteiger partial charge in [0.25, 0.3) is 11.8 Å². The summed E-state index contributed by atoms with van der Waals surface area (Å²) in [5.74, 6) is 1.30. The number of likely N-dealkylation sites (tertiary alicyclic amines) is 1. The van der Waals surface area contributed by atoms with Gasteiger partial charge in [0.2, 0.25) is 0 Å². The van der Waals surface area contributed by atoms with Gasteiger partial charge in [0.05, 0.1) is 11.9 Å². The number of aromatic nitrogens is 2. The molecule has 2 saturated carbocycles. The molecule has 2 atom stereocenters. The quantitative estimate of drug-likeness (QED) is 0.566. The van der Waals surface area contributed by atoms with Gasteiger partial charge in [-0.2, -0.15) is 0 Å². The number of nitrogens with two attached hydrogens (primary N) is 1. The van der Waals surface area contributed by atoms with Crippen molar-refractivity contribution in [2.45, 2.75) is 83.2 Å². The number of carbonyl (C=O) groups excluding carboxylic acids is 3. The van der Waals surface area contributed by atoms with Crippen LogP contribution in [0.25, 0.3) is 0 Å². The lowest BCUT2D eigenvalue weighted by Crippen LogP contribution is -2.34. The Morgan fingerprint density at radius 1 is 1.17 bits per heavy atom. The van der Waals surface area contributed by atoms with Crippen molar-refractivity contribution >= 4 is 34.8 Å². The number of aryl methyl sites for hydroxylation is 1. The Morgan fingerprint density at radius 2 is 1.97 bits per heavy atom. The fraction of sp³-hybridized carbons (Fsp3) is 0.630. The number of imidazole rings is 1. The number of anilines is 1. The summed E-state index contributed by atoms with van der Waals surface area (Å²) in [7, 11) is 0. The molecule has 3 heterocycles. The molecule has 0 unspecified atom stereocenters. The summed E-state index contributed by atoms with van der Waals surface area (Å²) in [6.45, 7) is 3.52. The van der Waals surface area contributed by atoms with Crippen LogP contribution in [0.5, 0.6) is 0 Å². The van der Waals surface area contributed by atoms with Gasteiger partial charge in [-0.25, -0.2) is 4.98 Å². The van der Waals surface area contributed by atoms with E-state index >= 15 is 0 Å². The van der Waals surface area contributed by atoms with E-state index in [1.54, 1.807) is 17.7 Å². The highest BCUT2D eigenvalue weighted by Crippen LogP contribution is 2.41. The fourth-order valence-corrected chi connectivity index (χ4v) is 7.16. The monoisotopic (exact) mass is 509 g/mol. The Labute approximate surface area is 215 Å². The number of nitrogen functional groups attached to an aromatic ring is 1. The molecule has 192 valence electrons. The van der Waals surface area contributed by atoms with Gasteiger partial charge in [0, 0.05) is 47.3 Å². The predicted molar refractivity (Wildman–Crippen MR) is 138 cm³/mol. The van der Waals surface area contributed by atoms with E-state index < -0.39 is 0 Å². The highest BCUT2D eigenvalue weighted by molar-refractivity contribution is 7.12. The largest absolute Gasteiger partial charge is 0.383 e. The van der Waals surface area contributed by atoms with Crippen molar-refractivity contribution in [2.75, 3.05) is 18.8 Å². The third-order valence-electron chi connectivity index (χ3n) is 8.39. The van der Waals surface area contributed by atoms with Crippen LogP contribution in [0, 0.1) is 11.8 Å². The molecule has 2 aromatic heterocycles. The lowest BCUT2D eigenvalue weighted by Gasteiger charge is -2.25. The van der Waals surface area contributed by atoms with E-state index in [1.807, 2.05) is 9.47 Å². The molecular weight excluding hydrogens is 474 g/mol. The predicted octanol–water partition coefficient (Wildman–Crippen LogP) is 3.54. The molecule has 9 heteroatoms. The zero-order valence-electron chi connectivity index (χ0n) is 20.9. The van der Waals surface area contributed by atoms with Gasteiger partial charge >= 0.3 is 0 Å². The highest BCUT2D eigenvalue weighted by Gasteiger charge is 2.36. The second kappa shape index (κ2) is 9.32. The van der Waals surface area contributed by atoms with Crippen molar-refractivity contribution < 1.29 is 14.4 Å². The van der Waals surface area contributed by atoms with E-state index in [2.05, 4.69) is 17.2 Å². The first-order valence-corrected chi connectivity index (χ1v) is 14.3. The molecule has 0 spiro atoms. The molecule has 0 aromatic carbocycles. The highest BCUT2D eigenvalue weighted by atomic mass is 32.1. The first-order chi connectivity index (χ1) is 17.4. The molecule has 4 aliphatic rings. The van der Waals surface area contributed by atoms with Crippen LogP contribution < -0.4 is 11.1 Å². The van der Waals surface area contributed by atoms with Gasteiger partial charge in [0.15, 0.2) is 5.69 Å². The number of nitrogens with zero attached hydrogens (tertiary/aromatic N) is 3. The molecule has 0 radical (unpaired) electrons. The topological polar surface area (TPSA) is 110 Å². The van der Waals surface area contributed by atoms with Crippen molar-refractivity contribution in [2.24, 2.45) is 11.8 Å². The Hall–Kier alpha value is -2.68. The minimum atomic E-state index is -0.0932. The second-order valence-corrected chi connectivity index (χ2v) is 12.3. The summed E-state index contributed by atoms with van der Waals surface area (Å²) < 4.78 is 1.93. The minimum absolute atomic E-state index is 0.0270. The zero-order chi connectivity index (χ0) is 25.0. The smallest absolute Gasteiger partial charge is 0.276 e. The zero-order valence-corrected chi connectivity index (χ0v) is 21.7. The maximum Gasteiger partial charge on any atom is 0.276 e. The molecular formula is C27H35N5O3S. The number of nitrogens with one attached hydrogen (secondary N) is 1. The first kappa shape index (κ1) is 23.7. The van der Waals surface area contributed by atoms with Crippen molar-refractivity contribution in [1.29, 1.82) is 0 Å². The summed E-state index contributed by atoms with van der Waals surface area (Å²) in [5, 5.41) is 3.14. The van der Waals surface area contributed by atoms with E-state index in [9.17, 15) is 14.4 Å². The number of rotatable bonds is 8. The molecule has 3 aliphatic carbocycles. The van der Waals surface area contributed by atoms with Crippen LogP contribution in [-0.2, 0) is 24.1 Å². The molecule has 1 aliphatic heterocycles. The maximum absolute atomic E-state index is 13.4. The Bertz CT molecular complexity index is 1210. The number of thiophene rings is 1. The number of amides is 2. The van der Waals surface area contributed by atoms with E-state index in [0.29, 0.717) is 36.8 Å². The van der Waals surface area contributed by atoms with Crippen LogP contribution in [0.1, 0.15) is 94.1 Å². The summed E-state index contributed by atoms with van der Waals surface area (Å²) in [6.07, 6.45) is 10.7. The Kier molecular flexibility index (Phi) is 6.14. The first-order valence-electron chi connectivity index (χ1n) is 13.5. The van der Waals surface area contributed by atoms with Gasteiger partial charge in [0.1, 0.15) is 11.6 Å². The molecule has 2 amide bonds. The molecule has 2 aromatic rings. The standard InChI is InChI=1S/C27H35N5O3S/c1-15-3-2-10-31(15)27(35)24-25(28)32(14-30-24)18-8-9-21-19(11-18)23(26(34)29-13-16-4-5-16)22(36-21)12-20(33)17-6-7-17/h14-18H,2-13,28H2,1H3,(H,29,34)/t15-,18-/m0/s1.